The molecule has 0 bridgehead atoms. The van der Waals surface area contributed by atoms with Crippen molar-refractivity contribution in [1.82, 2.24) is 5.32 Å². The van der Waals surface area contributed by atoms with Gasteiger partial charge in [-0.15, -0.1) is 0 Å². The molecule has 0 saturated carbocycles. The Morgan fingerprint density at radius 1 is 1.15 bits per heavy atom. The van der Waals surface area contributed by atoms with Crippen LogP contribution in [0.1, 0.15) is 18.1 Å². The maximum Gasteiger partial charge on any atom is 0.319 e. The van der Waals surface area contributed by atoms with Gasteiger partial charge in [0, 0.05) is 16.7 Å². The highest BCUT2D eigenvalue weighted by atomic mass is 79.9. The minimum absolute atomic E-state index is 0.200. The van der Waals surface area contributed by atoms with Gasteiger partial charge in [-0.3, -0.25) is 0 Å². The van der Waals surface area contributed by atoms with Crippen molar-refractivity contribution >= 4 is 27.6 Å². The number of halogens is 1. The minimum atomic E-state index is -0.200. The van der Waals surface area contributed by atoms with E-state index in [0.717, 1.165) is 22.1 Å². The molecule has 0 aromatic heterocycles. The number of amides is 2. The van der Waals surface area contributed by atoms with Gasteiger partial charge in [0.25, 0.3) is 0 Å². The first-order valence-electron chi connectivity index (χ1n) is 6.56. The average molecular weight is 333 g/mol. The maximum absolute atomic E-state index is 11.9. The summed E-state index contributed by atoms with van der Waals surface area (Å²) in [6.07, 6.45) is 0.952. The van der Waals surface area contributed by atoms with Crippen LogP contribution >= 0.6 is 15.9 Å². The maximum atomic E-state index is 11.9. The number of rotatable bonds is 4. The predicted molar refractivity (Wildman–Crippen MR) is 85.8 cm³/mol. The first-order valence-corrected chi connectivity index (χ1v) is 7.35. The summed E-state index contributed by atoms with van der Waals surface area (Å²) >= 11 is 3.46. The highest BCUT2D eigenvalue weighted by molar-refractivity contribution is 9.10. The third kappa shape index (κ3) is 4.10. The lowest BCUT2D eigenvalue weighted by atomic mass is 10.1. The summed E-state index contributed by atoms with van der Waals surface area (Å²) in [5, 5.41) is 5.69. The molecule has 2 rings (SSSR count). The van der Waals surface area contributed by atoms with Crippen LogP contribution in [0.25, 0.3) is 0 Å². The first kappa shape index (κ1) is 14.6. The number of hydrogen-bond acceptors (Lipinski definition) is 1. The first-order chi connectivity index (χ1) is 9.69. The number of hydrogen-bond donors (Lipinski definition) is 2. The van der Waals surface area contributed by atoms with Crippen LogP contribution in [0.4, 0.5) is 10.5 Å². The van der Waals surface area contributed by atoms with Crippen LogP contribution in [0.15, 0.2) is 53.0 Å². The van der Waals surface area contributed by atoms with Crippen molar-refractivity contribution in [3.63, 3.8) is 0 Å². The molecule has 0 aliphatic rings. The van der Waals surface area contributed by atoms with Gasteiger partial charge >= 0.3 is 6.03 Å². The molecule has 104 valence electrons. The van der Waals surface area contributed by atoms with Gasteiger partial charge in [-0.05, 0) is 35.7 Å². The van der Waals surface area contributed by atoms with Crippen molar-refractivity contribution in [3.8, 4) is 0 Å². The van der Waals surface area contributed by atoms with Gasteiger partial charge in [0.05, 0.1) is 0 Å². The van der Waals surface area contributed by atoms with E-state index < -0.39 is 0 Å². The standard InChI is InChI=1S/C16H17BrN2O/c1-2-12-6-5-8-14(10-12)19-16(20)18-11-13-7-3-4-9-15(13)17/h3-10H,2,11H2,1H3,(H2,18,19,20). The summed E-state index contributed by atoms with van der Waals surface area (Å²) in [7, 11) is 0. The molecule has 2 aromatic carbocycles. The predicted octanol–water partition coefficient (Wildman–Crippen LogP) is 4.33. The Kier molecular flexibility index (Phi) is 5.18. The third-order valence-corrected chi connectivity index (χ3v) is 3.76. The highest BCUT2D eigenvalue weighted by Gasteiger charge is 2.03. The Bertz CT molecular complexity index is 599. The Balaban J connectivity index is 1.91. The van der Waals surface area contributed by atoms with E-state index in [9.17, 15) is 4.79 Å². The van der Waals surface area contributed by atoms with Crippen LogP contribution in [0.5, 0.6) is 0 Å². The van der Waals surface area contributed by atoms with Gasteiger partial charge in [0.1, 0.15) is 0 Å². The minimum Gasteiger partial charge on any atom is -0.334 e. The SMILES string of the molecule is CCc1cccc(NC(=O)NCc2ccccc2Br)c1. The molecule has 3 nitrogen and oxygen atoms in total. The number of anilines is 1. The Morgan fingerprint density at radius 3 is 2.70 bits per heavy atom. The van der Waals surface area contributed by atoms with E-state index in [0.29, 0.717) is 6.54 Å². The largest absolute Gasteiger partial charge is 0.334 e. The van der Waals surface area contributed by atoms with Crippen molar-refractivity contribution in [2.24, 2.45) is 0 Å². The molecule has 0 radical (unpaired) electrons. The molecule has 2 N–H and O–H groups in total. The Labute approximate surface area is 127 Å². The van der Waals surface area contributed by atoms with E-state index in [2.05, 4.69) is 33.5 Å². The fourth-order valence-electron chi connectivity index (χ4n) is 1.86. The van der Waals surface area contributed by atoms with Gasteiger partial charge in [-0.25, -0.2) is 4.79 Å². The van der Waals surface area contributed by atoms with Crippen molar-refractivity contribution in [2.75, 3.05) is 5.32 Å². The van der Waals surface area contributed by atoms with Crippen molar-refractivity contribution in [3.05, 3.63) is 64.1 Å². The molecule has 0 aliphatic heterocycles. The molecule has 0 spiro atoms. The van der Waals surface area contributed by atoms with Crippen LogP contribution in [-0.4, -0.2) is 6.03 Å². The van der Waals surface area contributed by atoms with Crippen LogP contribution in [0.2, 0.25) is 0 Å². The normalized spacial score (nSPS) is 10.1. The number of benzene rings is 2. The third-order valence-electron chi connectivity index (χ3n) is 2.99. The summed E-state index contributed by atoms with van der Waals surface area (Å²) in [5.41, 5.74) is 3.06. The summed E-state index contributed by atoms with van der Waals surface area (Å²) in [6, 6.07) is 15.5. The molecule has 2 amide bonds. The van der Waals surface area contributed by atoms with E-state index in [1.54, 1.807) is 0 Å². The number of aryl methyl sites for hydroxylation is 1. The second-order valence-electron chi connectivity index (χ2n) is 4.45. The molecule has 0 atom stereocenters. The van der Waals surface area contributed by atoms with Gasteiger partial charge in [-0.1, -0.05) is 53.2 Å². The molecular weight excluding hydrogens is 316 g/mol. The molecule has 0 unspecified atom stereocenters. The number of urea groups is 1. The zero-order valence-corrected chi connectivity index (χ0v) is 12.9. The molecule has 2 aromatic rings. The molecule has 0 aliphatic carbocycles. The summed E-state index contributed by atoms with van der Waals surface area (Å²) < 4.78 is 0.994. The fraction of sp³-hybridized carbons (Fsp3) is 0.188. The van der Waals surface area contributed by atoms with Crippen LogP contribution < -0.4 is 10.6 Å². The van der Waals surface area contributed by atoms with Gasteiger partial charge in [0.2, 0.25) is 0 Å². The zero-order valence-electron chi connectivity index (χ0n) is 11.3. The fourth-order valence-corrected chi connectivity index (χ4v) is 2.29. The van der Waals surface area contributed by atoms with E-state index >= 15 is 0 Å². The van der Waals surface area contributed by atoms with E-state index in [4.69, 9.17) is 0 Å². The van der Waals surface area contributed by atoms with Gasteiger partial charge < -0.3 is 10.6 Å². The monoisotopic (exact) mass is 332 g/mol. The highest BCUT2D eigenvalue weighted by Crippen LogP contribution is 2.15. The lowest BCUT2D eigenvalue weighted by molar-refractivity contribution is 0.251. The smallest absolute Gasteiger partial charge is 0.319 e. The second-order valence-corrected chi connectivity index (χ2v) is 5.31. The molecule has 0 saturated heterocycles. The lowest BCUT2D eigenvalue weighted by Gasteiger charge is -2.09. The molecule has 20 heavy (non-hydrogen) atoms. The Hall–Kier alpha value is -1.81. The van der Waals surface area contributed by atoms with Crippen molar-refractivity contribution < 1.29 is 4.79 Å². The number of carbonyl (C=O) groups excluding carboxylic acids is 1. The average Bonchev–Trinajstić information content (AvgIpc) is 2.46. The van der Waals surface area contributed by atoms with Crippen molar-refractivity contribution in [2.45, 2.75) is 19.9 Å². The van der Waals surface area contributed by atoms with Gasteiger partial charge in [0.15, 0.2) is 0 Å². The topological polar surface area (TPSA) is 41.1 Å². The van der Waals surface area contributed by atoms with Crippen LogP contribution in [0.3, 0.4) is 0 Å². The van der Waals surface area contributed by atoms with E-state index in [-0.39, 0.29) is 6.03 Å². The van der Waals surface area contributed by atoms with Crippen LogP contribution in [-0.2, 0) is 13.0 Å². The lowest BCUT2D eigenvalue weighted by Crippen LogP contribution is -2.28. The quantitative estimate of drug-likeness (QED) is 0.859. The summed E-state index contributed by atoms with van der Waals surface area (Å²) in [6.45, 7) is 2.58. The second kappa shape index (κ2) is 7.10. The Morgan fingerprint density at radius 2 is 1.95 bits per heavy atom. The van der Waals surface area contributed by atoms with Crippen LogP contribution in [0, 0.1) is 0 Å². The number of carbonyl (C=O) groups is 1. The van der Waals surface area contributed by atoms with E-state index in [1.807, 2.05) is 48.5 Å². The number of nitrogens with one attached hydrogen (secondary N) is 2. The molecular formula is C16H17BrN2O. The zero-order chi connectivity index (χ0) is 14.4. The molecule has 0 heterocycles. The molecule has 0 fully saturated rings. The van der Waals surface area contributed by atoms with Gasteiger partial charge in [-0.2, -0.15) is 0 Å². The van der Waals surface area contributed by atoms with E-state index in [1.165, 1.54) is 5.56 Å². The summed E-state index contributed by atoms with van der Waals surface area (Å²) in [4.78, 5) is 11.9. The molecule has 4 heteroatoms. The summed E-state index contributed by atoms with van der Waals surface area (Å²) in [5.74, 6) is 0. The van der Waals surface area contributed by atoms with Crippen molar-refractivity contribution in [1.29, 1.82) is 0 Å².